The molecule has 0 bridgehead atoms. The van der Waals surface area contributed by atoms with Crippen LogP contribution in [0.15, 0.2) is 24.3 Å². The van der Waals surface area contributed by atoms with Gasteiger partial charge in [-0.2, -0.15) is 0 Å². The number of likely N-dealkylation sites (tertiary alicyclic amines) is 1. The molecule has 0 aliphatic carbocycles. The van der Waals surface area contributed by atoms with Gasteiger partial charge in [-0.1, -0.05) is 11.6 Å². The van der Waals surface area contributed by atoms with Gasteiger partial charge < -0.3 is 16.0 Å². The Hall–Kier alpha value is -2.08. The standard InChI is InChI=1S/C15H18ClN3O3/c16-12-3-1-11(2-4-12)15(22)19-7-5-10(6-8-19)14(21)18-9-13(17)20/h1-4,10H,5-9H2,(H2,17,20)(H,18,21). The van der Waals surface area contributed by atoms with Crippen LogP contribution in [0.3, 0.4) is 0 Å². The molecule has 6 nitrogen and oxygen atoms in total. The van der Waals surface area contributed by atoms with Gasteiger partial charge in [0.25, 0.3) is 5.91 Å². The number of rotatable bonds is 4. The fourth-order valence-corrected chi connectivity index (χ4v) is 2.56. The molecule has 1 aliphatic rings. The molecule has 1 aromatic rings. The first kappa shape index (κ1) is 16.3. The van der Waals surface area contributed by atoms with E-state index in [2.05, 4.69) is 5.32 Å². The summed E-state index contributed by atoms with van der Waals surface area (Å²) in [4.78, 5) is 36.6. The molecule has 0 saturated carbocycles. The van der Waals surface area contributed by atoms with Crippen LogP contribution in [0.2, 0.25) is 5.02 Å². The van der Waals surface area contributed by atoms with Crippen molar-refractivity contribution in [3.05, 3.63) is 34.9 Å². The molecular formula is C15H18ClN3O3. The van der Waals surface area contributed by atoms with Crippen LogP contribution in [-0.2, 0) is 9.59 Å². The van der Waals surface area contributed by atoms with E-state index in [1.54, 1.807) is 29.2 Å². The molecule has 3 amide bonds. The van der Waals surface area contributed by atoms with Gasteiger partial charge in [0.2, 0.25) is 11.8 Å². The van der Waals surface area contributed by atoms with E-state index in [0.29, 0.717) is 36.5 Å². The zero-order valence-electron chi connectivity index (χ0n) is 12.0. The second-order valence-electron chi connectivity index (χ2n) is 5.26. The number of hydrogen-bond acceptors (Lipinski definition) is 3. The van der Waals surface area contributed by atoms with E-state index in [4.69, 9.17) is 17.3 Å². The lowest BCUT2D eigenvalue weighted by atomic mass is 9.95. The predicted octanol–water partition coefficient (Wildman–Crippen LogP) is 0.794. The summed E-state index contributed by atoms with van der Waals surface area (Å²) in [5.74, 6) is -0.998. The van der Waals surface area contributed by atoms with Crippen LogP contribution in [0.1, 0.15) is 23.2 Å². The third-order valence-corrected chi connectivity index (χ3v) is 3.93. The van der Waals surface area contributed by atoms with Crippen LogP contribution < -0.4 is 11.1 Å². The second-order valence-corrected chi connectivity index (χ2v) is 5.69. The highest BCUT2D eigenvalue weighted by Gasteiger charge is 2.27. The molecular weight excluding hydrogens is 306 g/mol. The molecule has 22 heavy (non-hydrogen) atoms. The average molecular weight is 324 g/mol. The van der Waals surface area contributed by atoms with Crippen LogP contribution in [0.25, 0.3) is 0 Å². The van der Waals surface area contributed by atoms with Crippen molar-refractivity contribution in [2.75, 3.05) is 19.6 Å². The van der Waals surface area contributed by atoms with Gasteiger partial charge in [0.1, 0.15) is 0 Å². The Morgan fingerprint density at radius 1 is 1.18 bits per heavy atom. The summed E-state index contributed by atoms with van der Waals surface area (Å²) in [6.45, 7) is 0.870. The zero-order chi connectivity index (χ0) is 16.1. The number of amides is 3. The number of nitrogens with one attached hydrogen (secondary N) is 1. The highest BCUT2D eigenvalue weighted by atomic mass is 35.5. The summed E-state index contributed by atoms with van der Waals surface area (Å²) >= 11 is 5.81. The smallest absolute Gasteiger partial charge is 0.253 e. The Labute approximate surface area is 133 Å². The minimum Gasteiger partial charge on any atom is -0.368 e. The molecule has 3 N–H and O–H groups in total. The maximum atomic E-state index is 12.3. The highest BCUT2D eigenvalue weighted by Crippen LogP contribution is 2.20. The van der Waals surface area contributed by atoms with Crippen LogP contribution >= 0.6 is 11.6 Å². The molecule has 0 spiro atoms. The Kier molecular flexibility index (Phi) is 5.38. The number of nitrogens with zero attached hydrogens (tertiary/aromatic N) is 1. The Morgan fingerprint density at radius 3 is 2.32 bits per heavy atom. The number of carbonyl (C=O) groups excluding carboxylic acids is 3. The number of hydrogen-bond donors (Lipinski definition) is 2. The molecule has 7 heteroatoms. The highest BCUT2D eigenvalue weighted by molar-refractivity contribution is 6.30. The molecule has 118 valence electrons. The van der Waals surface area contributed by atoms with E-state index in [1.165, 1.54) is 0 Å². The van der Waals surface area contributed by atoms with E-state index in [-0.39, 0.29) is 24.3 Å². The molecule has 1 aromatic carbocycles. The Bertz CT molecular complexity index is 566. The van der Waals surface area contributed by atoms with Gasteiger partial charge >= 0.3 is 0 Å². The lowest BCUT2D eigenvalue weighted by Gasteiger charge is -2.31. The summed E-state index contributed by atoms with van der Waals surface area (Å²) in [6.07, 6.45) is 1.15. The van der Waals surface area contributed by atoms with Crippen LogP contribution in [0.5, 0.6) is 0 Å². The normalized spacial score (nSPS) is 15.4. The number of nitrogens with two attached hydrogens (primary N) is 1. The first-order valence-electron chi connectivity index (χ1n) is 7.08. The summed E-state index contributed by atoms with van der Waals surface area (Å²) in [5.41, 5.74) is 5.58. The first-order valence-corrected chi connectivity index (χ1v) is 7.46. The number of benzene rings is 1. The maximum absolute atomic E-state index is 12.3. The van der Waals surface area contributed by atoms with Crippen molar-refractivity contribution in [3.63, 3.8) is 0 Å². The Morgan fingerprint density at radius 2 is 1.77 bits per heavy atom. The third kappa shape index (κ3) is 4.21. The largest absolute Gasteiger partial charge is 0.368 e. The van der Waals surface area contributed by atoms with Crippen LogP contribution in [0, 0.1) is 5.92 Å². The molecule has 0 atom stereocenters. The zero-order valence-corrected chi connectivity index (χ0v) is 12.8. The van der Waals surface area contributed by atoms with Gasteiger partial charge in [-0.05, 0) is 37.1 Å². The van der Waals surface area contributed by atoms with Gasteiger partial charge in [-0.3, -0.25) is 14.4 Å². The van der Waals surface area contributed by atoms with Gasteiger partial charge in [0.15, 0.2) is 0 Å². The molecule has 0 aromatic heterocycles. The number of carbonyl (C=O) groups is 3. The van der Waals surface area contributed by atoms with Gasteiger partial charge in [-0.25, -0.2) is 0 Å². The van der Waals surface area contributed by atoms with Crippen molar-refractivity contribution in [1.82, 2.24) is 10.2 Å². The summed E-state index contributed by atoms with van der Waals surface area (Å²) in [5, 5.41) is 3.09. The summed E-state index contributed by atoms with van der Waals surface area (Å²) in [7, 11) is 0. The van der Waals surface area contributed by atoms with Crippen molar-refractivity contribution >= 4 is 29.3 Å². The predicted molar refractivity (Wildman–Crippen MR) is 82.3 cm³/mol. The third-order valence-electron chi connectivity index (χ3n) is 3.68. The van der Waals surface area contributed by atoms with Crippen molar-refractivity contribution in [1.29, 1.82) is 0 Å². The molecule has 1 fully saturated rings. The average Bonchev–Trinajstić information content (AvgIpc) is 2.53. The minimum atomic E-state index is -0.566. The van der Waals surface area contributed by atoms with Crippen LogP contribution in [-0.4, -0.2) is 42.3 Å². The summed E-state index contributed by atoms with van der Waals surface area (Å²) < 4.78 is 0. The lowest BCUT2D eigenvalue weighted by molar-refractivity contribution is -0.128. The monoisotopic (exact) mass is 323 g/mol. The molecule has 0 unspecified atom stereocenters. The van der Waals surface area contributed by atoms with Crippen molar-refractivity contribution in [3.8, 4) is 0 Å². The van der Waals surface area contributed by atoms with Gasteiger partial charge in [0, 0.05) is 29.6 Å². The number of piperidine rings is 1. The van der Waals surface area contributed by atoms with Crippen molar-refractivity contribution in [2.24, 2.45) is 11.7 Å². The van der Waals surface area contributed by atoms with Crippen molar-refractivity contribution < 1.29 is 14.4 Å². The second kappa shape index (κ2) is 7.26. The SMILES string of the molecule is NC(=O)CNC(=O)C1CCN(C(=O)c2ccc(Cl)cc2)CC1. The number of halogens is 1. The molecule has 2 rings (SSSR count). The fraction of sp³-hybridized carbons (Fsp3) is 0.400. The van der Waals surface area contributed by atoms with E-state index >= 15 is 0 Å². The van der Waals surface area contributed by atoms with E-state index < -0.39 is 5.91 Å². The molecule has 1 saturated heterocycles. The Balaban J connectivity index is 1.86. The van der Waals surface area contributed by atoms with Gasteiger partial charge in [-0.15, -0.1) is 0 Å². The van der Waals surface area contributed by atoms with Crippen LogP contribution in [0.4, 0.5) is 0 Å². The van der Waals surface area contributed by atoms with E-state index in [0.717, 1.165) is 0 Å². The van der Waals surface area contributed by atoms with E-state index in [9.17, 15) is 14.4 Å². The van der Waals surface area contributed by atoms with Crippen molar-refractivity contribution in [2.45, 2.75) is 12.8 Å². The minimum absolute atomic E-state index is 0.0624. The lowest BCUT2D eigenvalue weighted by Crippen LogP contribution is -2.44. The summed E-state index contributed by atoms with van der Waals surface area (Å²) in [6, 6.07) is 6.74. The molecule has 1 aliphatic heterocycles. The van der Waals surface area contributed by atoms with Gasteiger partial charge in [0.05, 0.1) is 6.54 Å². The quantitative estimate of drug-likeness (QED) is 0.858. The first-order chi connectivity index (χ1) is 10.5. The molecule has 0 radical (unpaired) electrons. The maximum Gasteiger partial charge on any atom is 0.253 e. The fourth-order valence-electron chi connectivity index (χ4n) is 2.44. The molecule has 1 heterocycles. The van der Waals surface area contributed by atoms with E-state index in [1.807, 2.05) is 0 Å². The topological polar surface area (TPSA) is 92.5 Å². The number of primary amides is 1.